The van der Waals surface area contributed by atoms with Crippen molar-refractivity contribution < 1.29 is 10.0 Å². The molecule has 0 amide bonds. The molecule has 1 N–H and O–H groups in total. The molecule has 0 bridgehead atoms. The molecule has 0 heterocycles. The third kappa shape index (κ3) is 2.02. The van der Waals surface area contributed by atoms with Crippen LogP contribution >= 0.6 is 0 Å². The summed E-state index contributed by atoms with van der Waals surface area (Å²) in [5.74, 6) is 1.71. The van der Waals surface area contributed by atoms with E-state index in [-0.39, 0.29) is 5.56 Å². The molecule has 4 heteroatoms. The van der Waals surface area contributed by atoms with E-state index in [1.54, 1.807) is 0 Å². The highest BCUT2D eigenvalue weighted by atomic mass is 16.6. The van der Waals surface area contributed by atoms with Crippen molar-refractivity contribution in [3.05, 3.63) is 58.1 Å². The first-order valence-electron chi connectivity index (χ1n) is 5.17. The van der Waals surface area contributed by atoms with Crippen molar-refractivity contribution in [2.24, 2.45) is 0 Å². The zero-order chi connectivity index (χ0) is 13.1. The Balaban J connectivity index is 0.000000164. The lowest BCUT2D eigenvalue weighted by molar-refractivity contribution is -0.386. The fourth-order valence-electron chi connectivity index (χ4n) is 1.50. The van der Waals surface area contributed by atoms with Gasteiger partial charge in [-0.25, -0.2) is 0 Å². The zero-order valence-corrected chi connectivity index (χ0v) is 9.33. The van der Waals surface area contributed by atoms with E-state index < -0.39 is 16.4 Å². The molecule has 88 valence electrons. The number of para-hydroxylation sites is 1. The van der Waals surface area contributed by atoms with Crippen molar-refractivity contribution in [1.82, 2.24) is 0 Å². The fourth-order valence-corrected chi connectivity index (χ4v) is 1.50. The molecule has 18 heavy (non-hydrogen) atoms. The van der Waals surface area contributed by atoms with Gasteiger partial charge >= 0.3 is 5.69 Å². The summed E-state index contributed by atoms with van der Waals surface area (Å²) in [6.45, 7) is 0. The van der Waals surface area contributed by atoms with E-state index in [0.29, 0.717) is 0 Å². The first-order valence-corrected chi connectivity index (χ1v) is 5.17. The van der Waals surface area contributed by atoms with E-state index in [1.807, 2.05) is 0 Å². The molecule has 0 unspecified atom stereocenters. The molecule has 0 atom stereocenters. The number of hydrogen-bond acceptors (Lipinski definition) is 3. The van der Waals surface area contributed by atoms with Gasteiger partial charge in [-0.3, -0.25) is 10.1 Å². The van der Waals surface area contributed by atoms with Crippen molar-refractivity contribution in [2.75, 3.05) is 0 Å². The van der Waals surface area contributed by atoms with Crippen LogP contribution in [0.25, 0.3) is 11.1 Å². The summed E-state index contributed by atoms with van der Waals surface area (Å²) < 4.78 is 0. The third-order valence-corrected chi connectivity index (χ3v) is 2.57. The number of nitro benzene ring substituents is 1. The number of hydrogen-bond donors (Lipinski definition) is 1. The van der Waals surface area contributed by atoms with Crippen molar-refractivity contribution in [2.45, 2.75) is 0 Å². The van der Waals surface area contributed by atoms with Gasteiger partial charge < -0.3 is 5.11 Å². The van der Waals surface area contributed by atoms with Gasteiger partial charge in [0.2, 0.25) is 0 Å². The molecule has 0 fully saturated rings. The molecule has 0 saturated carbocycles. The first-order chi connectivity index (χ1) is 8.63. The lowest BCUT2D eigenvalue weighted by atomic mass is 9.95. The molecule has 0 aromatic heterocycles. The molecule has 0 radical (unpaired) electrons. The highest BCUT2D eigenvalue weighted by Gasteiger charge is 2.16. The monoisotopic (exact) mass is 239 g/mol. The van der Waals surface area contributed by atoms with Gasteiger partial charge in [0.25, 0.3) is 0 Å². The SMILES string of the molecule is C#Cc1cccc(O)c1[N+](=O)[O-].c1cc2ccc1-2. The Morgan fingerprint density at radius 1 is 1.11 bits per heavy atom. The van der Waals surface area contributed by atoms with Crippen LogP contribution in [0.5, 0.6) is 5.75 Å². The summed E-state index contributed by atoms with van der Waals surface area (Å²) in [6.07, 6.45) is 4.99. The van der Waals surface area contributed by atoms with Crippen LogP contribution in [0.4, 0.5) is 5.69 Å². The second-order valence-corrected chi connectivity index (χ2v) is 3.65. The van der Waals surface area contributed by atoms with Gasteiger partial charge in [0, 0.05) is 0 Å². The van der Waals surface area contributed by atoms with Crippen LogP contribution in [0.2, 0.25) is 0 Å². The molecular formula is C14H9NO3. The largest absolute Gasteiger partial charge is 0.502 e. The predicted octanol–water partition coefficient (Wildman–Crippen LogP) is 2.95. The van der Waals surface area contributed by atoms with Gasteiger partial charge in [-0.2, -0.15) is 0 Å². The molecule has 0 spiro atoms. The third-order valence-electron chi connectivity index (χ3n) is 2.57. The van der Waals surface area contributed by atoms with E-state index in [4.69, 9.17) is 11.5 Å². The summed E-state index contributed by atoms with van der Waals surface area (Å²) >= 11 is 0. The summed E-state index contributed by atoms with van der Waals surface area (Å²) in [7, 11) is 0. The maximum Gasteiger partial charge on any atom is 0.326 e. The number of benzene rings is 2. The highest BCUT2D eigenvalue weighted by Crippen LogP contribution is 2.29. The Morgan fingerprint density at radius 2 is 1.67 bits per heavy atom. The van der Waals surface area contributed by atoms with Gasteiger partial charge in [0.05, 0.1) is 4.92 Å². The molecule has 4 nitrogen and oxygen atoms in total. The van der Waals surface area contributed by atoms with E-state index in [2.05, 4.69) is 30.2 Å². The summed E-state index contributed by atoms with van der Waals surface area (Å²) in [5, 5.41) is 19.4. The lowest BCUT2D eigenvalue weighted by Crippen LogP contribution is -1.91. The van der Waals surface area contributed by atoms with Crippen LogP contribution in [-0.2, 0) is 0 Å². The van der Waals surface area contributed by atoms with Crippen molar-refractivity contribution in [3.63, 3.8) is 0 Å². The normalized spacial score (nSPS) is 9.72. The topological polar surface area (TPSA) is 63.4 Å². The van der Waals surface area contributed by atoms with E-state index >= 15 is 0 Å². The number of aromatic hydroxyl groups is 1. The Labute approximate surface area is 104 Å². The molecule has 3 rings (SSSR count). The smallest absolute Gasteiger partial charge is 0.326 e. The van der Waals surface area contributed by atoms with Crippen molar-refractivity contribution in [3.8, 4) is 29.2 Å². The highest BCUT2D eigenvalue weighted by molar-refractivity contribution is 5.75. The fraction of sp³-hybridized carbons (Fsp3) is 0. The minimum absolute atomic E-state index is 0.0833. The molecule has 1 aromatic carbocycles. The van der Waals surface area contributed by atoms with Crippen LogP contribution < -0.4 is 0 Å². The summed E-state index contributed by atoms with van der Waals surface area (Å²) in [5.41, 5.74) is 2.52. The second kappa shape index (κ2) is 4.60. The van der Waals surface area contributed by atoms with Crippen LogP contribution in [0.15, 0.2) is 42.5 Å². The number of nitrogens with zero attached hydrogens (tertiary/aromatic N) is 1. The summed E-state index contributed by atoms with van der Waals surface area (Å²) in [4.78, 5) is 9.65. The maximum atomic E-state index is 10.4. The van der Waals surface area contributed by atoms with Gasteiger partial charge in [0.15, 0.2) is 5.75 Å². The number of phenolic OH excluding ortho intramolecular Hbond substituents is 1. The molecule has 1 aromatic rings. The van der Waals surface area contributed by atoms with Crippen LogP contribution in [0, 0.1) is 22.5 Å². The Hall–Kier alpha value is -2.80. The molecule has 0 saturated heterocycles. The maximum absolute atomic E-state index is 10.4. The minimum Gasteiger partial charge on any atom is -0.502 e. The lowest BCUT2D eigenvalue weighted by Gasteiger charge is -2.10. The zero-order valence-electron chi connectivity index (χ0n) is 9.33. The number of terminal acetylenes is 1. The number of fused-ring (bicyclic) bond motifs is 1. The molecule has 2 aliphatic rings. The minimum atomic E-state index is -0.704. The van der Waals surface area contributed by atoms with Crippen molar-refractivity contribution in [1.29, 1.82) is 0 Å². The standard InChI is InChI=1S/C8H5NO3.C6H4/c1-2-6-4-3-5-7(10)8(6)9(11)12;1-2-6-4-3-5(1)6/h1,3-5,10H;1-4H. The Bertz CT molecular complexity index is 618. The summed E-state index contributed by atoms with van der Waals surface area (Å²) in [6, 6.07) is 12.6. The number of nitro groups is 1. The van der Waals surface area contributed by atoms with Gasteiger partial charge in [0.1, 0.15) is 5.56 Å². The number of rotatable bonds is 1. The average Bonchev–Trinajstić information content (AvgIpc) is 2.33. The van der Waals surface area contributed by atoms with Crippen LogP contribution in [-0.4, -0.2) is 10.0 Å². The van der Waals surface area contributed by atoms with Crippen LogP contribution in [0.3, 0.4) is 0 Å². The van der Waals surface area contributed by atoms with Gasteiger partial charge in [-0.15, -0.1) is 6.42 Å². The molecule has 2 aliphatic carbocycles. The first kappa shape index (κ1) is 11.7. The van der Waals surface area contributed by atoms with Crippen molar-refractivity contribution >= 4 is 5.69 Å². The van der Waals surface area contributed by atoms with Crippen LogP contribution in [0.1, 0.15) is 5.56 Å². The predicted molar refractivity (Wildman–Crippen MR) is 68.1 cm³/mol. The van der Waals surface area contributed by atoms with Gasteiger partial charge in [-0.1, -0.05) is 36.3 Å². The Morgan fingerprint density at radius 3 is 1.94 bits per heavy atom. The van der Waals surface area contributed by atoms with E-state index in [1.165, 1.54) is 29.3 Å². The quantitative estimate of drug-likeness (QED) is 0.403. The Kier molecular flexibility index (Phi) is 2.98. The number of phenols is 1. The van der Waals surface area contributed by atoms with Gasteiger partial charge in [-0.05, 0) is 23.3 Å². The molecular weight excluding hydrogens is 230 g/mol. The average molecular weight is 239 g/mol. The second-order valence-electron chi connectivity index (χ2n) is 3.65. The molecule has 0 aliphatic heterocycles. The van der Waals surface area contributed by atoms with E-state index in [9.17, 15) is 10.1 Å². The van der Waals surface area contributed by atoms with E-state index in [0.717, 1.165) is 0 Å².